The highest BCUT2D eigenvalue weighted by molar-refractivity contribution is 6.30. The third-order valence-corrected chi connectivity index (χ3v) is 3.33. The zero-order valence-electron chi connectivity index (χ0n) is 11.9. The van der Waals surface area contributed by atoms with E-state index in [4.69, 9.17) is 17.3 Å². The highest BCUT2D eigenvalue weighted by atomic mass is 35.5. The Bertz CT molecular complexity index is 849. The van der Waals surface area contributed by atoms with Gasteiger partial charge in [0.15, 0.2) is 5.69 Å². The summed E-state index contributed by atoms with van der Waals surface area (Å²) in [4.78, 5) is 28.2. The lowest BCUT2D eigenvalue weighted by Gasteiger charge is -2.13. The molecule has 0 aliphatic carbocycles. The molecule has 0 radical (unpaired) electrons. The lowest BCUT2D eigenvalue weighted by molar-refractivity contribution is -0.142. The highest BCUT2D eigenvalue weighted by Gasteiger charge is 2.37. The Morgan fingerprint density at radius 1 is 1.33 bits per heavy atom. The SMILES string of the molecule is NC(=O)Cc1nc(C(F)(F)F)c(Cc2ccc(F)c(Cl)c2)c(=O)[nH]1. The maximum Gasteiger partial charge on any atom is 0.433 e. The van der Waals surface area contributed by atoms with Crippen LogP contribution in [0.15, 0.2) is 23.0 Å². The number of aromatic amines is 1. The van der Waals surface area contributed by atoms with Gasteiger partial charge in [-0.05, 0) is 17.7 Å². The van der Waals surface area contributed by atoms with Crippen LogP contribution >= 0.6 is 11.6 Å². The quantitative estimate of drug-likeness (QED) is 0.816. The average molecular weight is 364 g/mol. The molecule has 0 bridgehead atoms. The molecular weight excluding hydrogens is 354 g/mol. The number of hydrogen-bond donors (Lipinski definition) is 2. The van der Waals surface area contributed by atoms with Crippen molar-refractivity contribution in [2.75, 3.05) is 0 Å². The molecule has 0 aliphatic heterocycles. The van der Waals surface area contributed by atoms with Crippen molar-refractivity contribution in [2.45, 2.75) is 19.0 Å². The van der Waals surface area contributed by atoms with Crippen molar-refractivity contribution in [3.05, 3.63) is 62.0 Å². The Morgan fingerprint density at radius 3 is 2.54 bits per heavy atom. The van der Waals surface area contributed by atoms with Crippen LogP contribution in [0.2, 0.25) is 5.02 Å². The molecule has 128 valence electrons. The number of nitrogens with zero attached hydrogens (tertiary/aromatic N) is 1. The van der Waals surface area contributed by atoms with E-state index in [1.54, 1.807) is 0 Å². The van der Waals surface area contributed by atoms with Crippen molar-refractivity contribution in [1.82, 2.24) is 9.97 Å². The minimum absolute atomic E-state index is 0.196. The predicted octanol–water partition coefficient (Wildman–Crippen LogP) is 2.20. The standard InChI is InChI=1S/C14H10ClF4N3O2/c15-8-4-6(1-2-9(8)16)3-7-12(14(17,18)19)21-11(5-10(20)23)22-13(7)24/h1-2,4H,3,5H2,(H2,20,23)(H,21,22,24). The number of amides is 1. The first-order valence-corrected chi connectivity index (χ1v) is 6.87. The van der Waals surface area contributed by atoms with Gasteiger partial charge in [-0.1, -0.05) is 17.7 Å². The Balaban J connectivity index is 2.53. The van der Waals surface area contributed by atoms with E-state index in [2.05, 4.69) is 9.97 Å². The summed E-state index contributed by atoms with van der Waals surface area (Å²) in [5, 5.41) is -0.282. The fraction of sp³-hybridized carbons (Fsp3) is 0.214. The smallest absolute Gasteiger partial charge is 0.369 e. The molecule has 0 unspecified atom stereocenters. The lowest BCUT2D eigenvalue weighted by atomic mass is 10.0. The molecule has 0 spiro atoms. The van der Waals surface area contributed by atoms with Crippen molar-refractivity contribution in [2.24, 2.45) is 5.73 Å². The molecule has 0 saturated carbocycles. The molecular formula is C14H10ClF4N3O2. The summed E-state index contributed by atoms with van der Waals surface area (Å²) < 4.78 is 52.6. The second-order valence-corrected chi connectivity index (χ2v) is 5.31. The molecule has 1 amide bonds. The van der Waals surface area contributed by atoms with Gasteiger partial charge in [-0.15, -0.1) is 0 Å². The zero-order valence-corrected chi connectivity index (χ0v) is 12.6. The highest BCUT2D eigenvalue weighted by Crippen LogP contribution is 2.30. The van der Waals surface area contributed by atoms with Gasteiger partial charge in [-0.3, -0.25) is 9.59 Å². The molecule has 0 aliphatic rings. The molecule has 2 rings (SSSR count). The van der Waals surface area contributed by atoms with Gasteiger partial charge < -0.3 is 10.7 Å². The second-order valence-electron chi connectivity index (χ2n) is 4.91. The third kappa shape index (κ3) is 4.10. The van der Waals surface area contributed by atoms with Crippen LogP contribution in [0.1, 0.15) is 22.6 Å². The zero-order chi connectivity index (χ0) is 18.1. The van der Waals surface area contributed by atoms with Crippen LogP contribution in [0, 0.1) is 5.82 Å². The van der Waals surface area contributed by atoms with Crippen molar-refractivity contribution >= 4 is 17.5 Å². The first kappa shape index (κ1) is 17.9. The Labute approximate surface area is 137 Å². The summed E-state index contributed by atoms with van der Waals surface area (Å²) in [6, 6.07) is 3.31. The number of primary amides is 1. The van der Waals surface area contributed by atoms with Crippen LogP contribution < -0.4 is 11.3 Å². The average Bonchev–Trinajstić information content (AvgIpc) is 2.43. The number of carbonyl (C=O) groups excluding carboxylic acids is 1. The maximum absolute atomic E-state index is 13.2. The molecule has 1 aromatic heterocycles. The van der Waals surface area contributed by atoms with Crippen molar-refractivity contribution in [3.63, 3.8) is 0 Å². The van der Waals surface area contributed by atoms with Crippen molar-refractivity contribution < 1.29 is 22.4 Å². The molecule has 3 N–H and O–H groups in total. The fourth-order valence-electron chi connectivity index (χ4n) is 2.05. The van der Waals surface area contributed by atoms with Crippen LogP contribution in [0.25, 0.3) is 0 Å². The summed E-state index contributed by atoms with van der Waals surface area (Å²) in [7, 11) is 0. The van der Waals surface area contributed by atoms with E-state index in [0.29, 0.717) is 0 Å². The number of benzene rings is 1. The summed E-state index contributed by atoms with van der Waals surface area (Å²) in [6.45, 7) is 0. The molecule has 1 heterocycles. The number of rotatable bonds is 4. The third-order valence-electron chi connectivity index (χ3n) is 3.04. The van der Waals surface area contributed by atoms with Crippen molar-refractivity contribution in [3.8, 4) is 0 Å². The number of nitrogens with two attached hydrogens (primary N) is 1. The number of halogens is 5. The molecule has 0 saturated heterocycles. The van der Waals surface area contributed by atoms with Gasteiger partial charge in [-0.2, -0.15) is 13.2 Å². The molecule has 0 fully saturated rings. The Hall–Kier alpha value is -2.42. The molecule has 2 aromatic rings. The van der Waals surface area contributed by atoms with Crippen LogP contribution in [0.4, 0.5) is 17.6 Å². The number of hydrogen-bond acceptors (Lipinski definition) is 3. The van der Waals surface area contributed by atoms with Gasteiger partial charge in [-0.25, -0.2) is 9.37 Å². The number of alkyl halides is 3. The number of carbonyl (C=O) groups is 1. The van der Waals surface area contributed by atoms with Crippen LogP contribution in [-0.4, -0.2) is 15.9 Å². The van der Waals surface area contributed by atoms with Crippen LogP contribution in [-0.2, 0) is 23.8 Å². The molecule has 24 heavy (non-hydrogen) atoms. The normalized spacial score (nSPS) is 11.5. The largest absolute Gasteiger partial charge is 0.433 e. The van der Waals surface area contributed by atoms with E-state index in [1.165, 1.54) is 6.07 Å². The maximum atomic E-state index is 13.2. The summed E-state index contributed by atoms with van der Waals surface area (Å²) in [5.41, 5.74) is 1.93. The van der Waals surface area contributed by atoms with Gasteiger partial charge in [0.25, 0.3) is 5.56 Å². The fourth-order valence-corrected chi connectivity index (χ4v) is 2.25. The van der Waals surface area contributed by atoms with Gasteiger partial charge >= 0.3 is 6.18 Å². The van der Waals surface area contributed by atoms with E-state index < -0.39 is 53.4 Å². The van der Waals surface area contributed by atoms with Gasteiger partial charge in [0.05, 0.1) is 17.0 Å². The second kappa shape index (κ2) is 6.60. The molecule has 5 nitrogen and oxygen atoms in total. The van der Waals surface area contributed by atoms with E-state index in [0.717, 1.165) is 12.1 Å². The summed E-state index contributed by atoms with van der Waals surface area (Å²) in [6.07, 6.45) is -6.02. The van der Waals surface area contributed by atoms with E-state index in [-0.39, 0.29) is 10.6 Å². The first-order chi connectivity index (χ1) is 11.1. The van der Waals surface area contributed by atoms with E-state index >= 15 is 0 Å². The molecule has 0 atom stereocenters. The number of H-pyrrole nitrogens is 1. The topological polar surface area (TPSA) is 88.8 Å². The minimum atomic E-state index is -4.92. The number of aromatic nitrogens is 2. The van der Waals surface area contributed by atoms with E-state index in [1.807, 2.05) is 0 Å². The molecule has 10 heteroatoms. The van der Waals surface area contributed by atoms with Gasteiger partial charge in [0, 0.05) is 6.42 Å². The summed E-state index contributed by atoms with van der Waals surface area (Å²) in [5.74, 6) is -2.16. The van der Waals surface area contributed by atoms with Gasteiger partial charge in [0.2, 0.25) is 5.91 Å². The first-order valence-electron chi connectivity index (χ1n) is 6.49. The van der Waals surface area contributed by atoms with E-state index in [9.17, 15) is 27.2 Å². The van der Waals surface area contributed by atoms with Crippen LogP contribution in [0.3, 0.4) is 0 Å². The predicted molar refractivity (Wildman–Crippen MR) is 77.0 cm³/mol. The molecule has 1 aromatic carbocycles. The van der Waals surface area contributed by atoms with Crippen molar-refractivity contribution in [1.29, 1.82) is 0 Å². The minimum Gasteiger partial charge on any atom is -0.369 e. The lowest BCUT2D eigenvalue weighted by Crippen LogP contribution is -2.27. The summed E-state index contributed by atoms with van der Waals surface area (Å²) >= 11 is 5.58. The Morgan fingerprint density at radius 2 is 2.00 bits per heavy atom. The van der Waals surface area contributed by atoms with Gasteiger partial charge in [0.1, 0.15) is 11.6 Å². The number of nitrogens with one attached hydrogen (secondary N) is 1. The monoisotopic (exact) mass is 363 g/mol. The van der Waals surface area contributed by atoms with Crippen LogP contribution in [0.5, 0.6) is 0 Å². The Kier molecular flexibility index (Phi) is 4.93.